The Morgan fingerprint density at radius 1 is 1.23 bits per heavy atom. The first-order valence-electron chi connectivity index (χ1n) is 7.55. The molecule has 0 aliphatic rings. The lowest BCUT2D eigenvalue weighted by Crippen LogP contribution is -2.29. The molecule has 8 heteroatoms. The number of nitro benzene ring substituents is 1. The van der Waals surface area contributed by atoms with Crippen LogP contribution in [0, 0.1) is 10.1 Å². The van der Waals surface area contributed by atoms with E-state index in [0.717, 1.165) is 6.08 Å². The zero-order valence-electron chi connectivity index (χ0n) is 13.7. The molecule has 0 fully saturated rings. The largest absolute Gasteiger partial charge is 0.449 e. The summed E-state index contributed by atoms with van der Waals surface area (Å²) >= 11 is 5.83. The second-order valence-electron chi connectivity index (χ2n) is 5.26. The van der Waals surface area contributed by atoms with Crippen molar-refractivity contribution in [3.05, 3.63) is 75.3 Å². The average molecular weight is 375 g/mol. The molecule has 0 heterocycles. The van der Waals surface area contributed by atoms with Crippen LogP contribution in [0.5, 0.6) is 0 Å². The van der Waals surface area contributed by atoms with Crippen LogP contribution in [-0.4, -0.2) is 22.9 Å². The van der Waals surface area contributed by atoms with E-state index in [1.165, 1.54) is 31.2 Å². The molecule has 0 bridgehead atoms. The Kier molecular flexibility index (Phi) is 6.46. The van der Waals surface area contributed by atoms with E-state index in [1.807, 2.05) is 0 Å². The van der Waals surface area contributed by atoms with Crippen LogP contribution in [-0.2, 0) is 14.3 Å². The van der Waals surface area contributed by atoms with Crippen LogP contribution in [0.15, 0.2) is 54.6 Å². The molecule has 1 amide bonds. The summed E-state index contributed by atoms with van der Waals surface area (Å²) in [7, 11) is 0. The number of esters is 1. The molecule has 0 radical (unpaired) electrons. The smallest absolute Gasteiger partial charge is 0.331 e. The van der Waals surface area contributed by atoms with E-state index in [2.05, 4.69) is 5.32 Å². The number of nitro groups is 1. The van der Waals surface area contributed by atoms with Crippen LogP contribution in [0.2, 0.25) is 5.02 Å². The number of nitrogens with zero attached hydrogens (tertiary/aromatic N) is 1. The number of anilines is 1. The Balaban J connectivity index is 1.93. The molecular formula is C18H15ClN2O5. The molecular weight excluding hydrogens is 360 g/mol. The quantitative estimate of drug-likeness (QED) is 0.358. The van der Waals surface area contributed by atoms with Crippen molar-refractivity contribution in [2.24, 2.45) is 0 Å². The molecule has 26 heavy (non-hydrogen) atoms. The minimum Gasteiger partial charge on any atom is -0.449 e. The van der Waals surface area contributed by atoms with Gasteiger partial charge in [0, 0.05) is 28.9 Å². The summed E-state index contributed by atoms with van der Waals surface area (Å²) < 4.78 is 5.01. The van der Waals surface area contributed by atoms with Crippen LogP contribution < -0.4 is 5.32 Å². The molecule has 2 aromatic carbocycles. The fraction of sp³-hybridized carbons (Fsp3) is 0.111. The molecule has 1 atom stereocenters. The average Bonchev–Trinajstić information content (AvgIpc) is 2.60. The van der Waals surface area contributed by atoms with Gasteiger partial charge in [0.2, 0.25) is 0 Å². The van der Waals surface area contributed by atoms with Gasteiger partial charge in [-0.05, 0) is 36.8 Å². The number of carbonyl (C=O) groups excluding carboxylic acids is 2. The maximum absolute atomic E-state index is 12.0. The molecule has 7 nitrogen and oxygen atoms in total. The molecule has 2 aromatic rings. The zero-order valence-corrected chi connectivity index (χ0v) is 14.5. The minimum atomic E-state index is -1.03. The maximum Gasteiger partial charge on any atom is 0.331 e. The lowest BCUT2D eigenvalue weighted by Gasteiger charge is -2.12. The Bertz CT molecular complexity index is 866. The van der Waals surface area contributed by atoms with E-state index < -0.39 is 22.9 Å². The summed E-state index contributed by atoms with van der Waals surface area (Å²) in [5, 5.41) is 13.8. The van der Waals surface area contributed by atoms with Crippen molar-refractivity contribution in [1.29, 1.82) is 0 Å². The van der Waals surface area contributed by atoms with Crippen molar-refractivity contribution in [3.8, 4) is 0 Å². The highest BCUT2D eigenvalue weighted by molar-refractivity contribution is 6.30. The SMILES string of the molecule is C[C@H](OC(=O)/C=C/c1cccc([N+](=O)[O-])c1)C(=O)Nc1cccc(Cl)c1. The van der Waals surface area contributed by atoms with Crippen LogP contribution in [0.25, 0.3) is 6.08 Å². The van der Waals surface area contributed by atoms with E-state index in [0.29, 0.717) is 16.3 Å². The molecule has 134 valence electrons. The number of benzene rings is 2. The first-order chi connectivity index (χ1) is 12.3. The van der Waals surface area contributed by atoms with Crippen LogP contribution in [0.3, 0.4) is 0 Å². The summed E-state index contributed by atoms with van der Waals surface area (Å²) in [5.74, 6) is -1.25. The van der Waals surface area contributed by atoms with Gasteiger partial charge in [0.1, 0.15) is 0 Å². The molecule has 0 unspecified atom stereocenters. The fourth-order valence-electron chi connectivity index (χ4n) is 1.98. The number of halogens is 1. The molecule has 0 spiro atoms. The third-order valence-corrected chi connectivity index (χ3v) is 3.48. The maximum atomic E-state index is 12.0. The van der Waals surface area contributed by atoms with E-state index in [-0.39, 0.29) is 5.69 Å². The van der Waals surface area contributed by atoms with Crippen LogP contribution in [0.4, 0.5) is 11.4 Å². The summed E-state index contributed by atoms with van der Waals surface area (Å²) in [5.41, 5.74) is 0.861. The van der Waals surface area contributed by atoms with Gasteiger partial charge in [-0.2, -0.15) is 0 Å². The third kappa shape index (κ3) is 5.71. The van der Waals surface area contributed by atoms with Crippen LogP contribution >= 0.6 is 11.6 Å². The van der Waals surface area contributed by atoms with Crippen molar-refractivity contribution in [1.82, 2.24) is 0 Å². The molecule has 0 aliphatic carbocycles. The molecule has 0 aromatic heterocycles. The predicted molar refractivity (Wildman–Crippen MR) is 97.8 cm³/mol. The number of hydrogen-bond acceptors (Lipinski definition) is 5. The Hall–Kier alpha value is -3.19. The predicted octanol–water partition coefficient (Wildman–Crippen LogP) is 3.83. The van der Waals surface area contributed by atoms with Gasteiger partial charge in [-0.3, -0.25) is 14.9 Å². The Morgan fingerprint density at radius 3 is 2.65 bits per heavy atom. The van der Waals surface area contributed by atoms with Crippen molar-refractivity contribution < 1.29 is 19.2 Å². The van der Waals surface area contributed by atoms with Gasteiger partial charge in [-0.15, -0.1) is 0 Å². The number of hydrogen-bond donors (Lipinski definition) is 1. The van der Waals surface area contributed by atoms with Gasteiger partial charge < -0.3 is 10.1 Å². The van der Waals surface area contributed by atoms with Gasteiger partial charge in [0.15, 0.2) is 6.10 Å². The summed E-state index contributed by atoms with van der Waals surface area (Å²) in [6.45, 7) is 1.43. The van der Waals surface area contributed by atoms with E-state index in [9.17, 15) is 19.7 Å². The molecule has 0 saturated carbocycles. The van der Waals surface area contributed by atoms with Gasteiger partial charge in [-0.1, -0.05) is 29.8 Å². The highest BCUT2D eigenvalue weighted by Crippen LogP contribution is 2.16. The van der Waals surface area contributed by atoms with Gasteiger partial charge in [-0.25, -0.2) is 4.79 Å². The van der Waals surface area contributed by atoms with E-state index in [1.54, 1.807) is 30.3 Å². The topological polar surface area (TPSA) is 98.5 Å². The molecule has 0 saturated heterocycles. The summed E-state index contributed by atoms with van der Waals surface area (Å²) in [6, 6.07) is 12.3. The third-order valence-electron chi connectivity index (χ3n) is 3.25. The molecule has 0 aliphatic heterocycles. The monoisotopic (exact) mass is 374 g/mol. The number of nitrogens with one attached hydrogen (secondary N) is 1. The second kappa shape index (κ2) is 8.77. The Morgan fingerprint density at radius 2 is 1.96 bits per heavy atom. The zero-order chi connectivity index (χ0) is 19.1. The van der Waals surface area contributed by atoms with E-state index in [4.69, 9.17) is 16.3 Å². The van der Waals surface area contributed by atoms with Crippen LogP contribution in [0.1, 0.15) is 12.5 Å². The van der Waals surface area contributed by atoms with Crippen molar-refractivity contribution in [2.75, 3.05) is 5.32 Å². The minimum absolute atomic E-state index is 0.0882. The summed E-state index contributed by atoms with van der Waals surface area (Å²) in [4.78, 5) is 34.0. The first-order valence-corrected chi connectivity index (χ1v) is 7.92. The van der Waals surface area contributed by atoms with Crippen molar-refractivity contribution in [2.45, 2.75) is 13.0 Å². The lowest BCUT2D eigenvalue weighted by molar-refractivity contribution is -0.384. The lowest BCUT2D eigenvalue weighted by atomic mass is 10.2. The second-order valence-corrected chi connectivity index (χ2v) is 5.70. The summed E-state index contributed by atoms with van der Waals surface area (Å²) in [6.07, 6.45) is 1.44. The van der Waals surface area contributed by atoms with Gasteiger partial charge in [0.25, 0.3) is 11.6 Å². The number of non-ortho nitro benzene ring substituents is 1. The number of amides is 1. The highest BCUT2D eigenvalue weighted by Gasteiger charge is 2.16. The van der Waals surface area contributed by atoms with Crippen molar-refractivity contribution >= 4 is 40.9 Å². The van der Waals surface area contributed by atoms with Gasteiger partial charge in [0.05, 0.1) is 4.92 Å². The number of ether oxygens (including phenoxy) is 1. The fourth-order valence-corrected chi connectivity index (χ4v) is 2.17. The molecule has 1 N–H and O–H groups in total. The standard InChI is InChI=1S/C18H15ClN2O5/c1-12(18(23)20-15-6-3-5-14(19)11-15)26-17(22)9-8-13-4-2-7-16(10-13)21(24)25/h2-12H,1H3,(H,20,23)/b9-8+/t12-/m0/s1. The molecule has 2 rings (SSSR count). The first kappa shape index (κ1) is 19.1. The number of rotatable bonds is 6. The Labute approximate surface area is 154 Å². The normalized spacial score (nSPS) is 11.8. The van der Waals surface area contributed by atoms with Gasteiger partial charge >= 0.3 is 5.97 Å². The van der Waals surface area contributed by atoms with Crippen molar-refractivity contribution in [3.63, 3.8) is 0 Å². The number of carbonyl (C=O) groups is 2. The highest BCUT2D eigenvalue weighted by atomic mass is 35.5. The van der Waals surface area contributed by atoms with E-state index >= 15 is 0 Å².